The lowest BCUT2D eigenvalue weighted by Gasteiger charge is -2.30. The number of hydrogen-bond donors (Lipinski definition) is 2. The number of benzene rings is 1. The van der Waals surface area contributed by atoms with Gasteiger partial charge in [0, 0.05) is 50.9 Å². The Morgan fingerprint density at radius 3 is 2.52 bits per heavy atom. The van der Waals surface area contributed by atoms with Crippen molar-refractivity contribution in [1.82, 2.24) is 19.2 Å². The Balaban J connectivity index is 1.51. The molecular formula is C23H33N5O4S. The quantitative estimate of drug-likeness (QED) is 0.609. The van der Waals surface area contributed by atoms with E-state index in [4.69, 9.17) is 0 Å². The topological polar surface area (TPSA) is 113 Å². The number of nitrogens with one attached hydrogen (secondary N) is 2. The van der Waals surface area contributed by atoms with Gasteiger partial charge in [-0.15, -0.1) is 0 Å². The Bertz CT molecular complexity index is 1080. The molecule has 33 heavy (non-hydrogen) atoms. The highest BCUT2D eigenvalue weighted by molar-refractivity contribution is 7.89. The maximum Gasteiger partial charge on any atom is 0.262 e. The standard InChI is InChI=1S/C23H33N5O4S/c1-16(2)12-21(29)26-20-7-5-6-18(13-20)14-24-23(30)19-8-10-28(11-9-19)33(31,32)22-15-27(4)17(3)25-22/h5-7,13,15-16,19H,8-12,14H2,1-4H3,(H,24,30)(H,26,29). The molecule has 1 aromatic heterocycles. The van der Waals surface area contributed by atoms with Gasteiger partial charge in [-0.05, 0) is 43.4 Å². The molecule has 2 heterocycles. The van der Waals surface area contributed by atoms with Crippen LogP contribution in [0.3, 0.4) is 0 Å². The van der Waals surface area contributed by atoms with Crippen LogP contribution in [0.4, 0.5) is 5.69 Å². The van der Waals surface area contributed by atoms with E-state index in [2.05, 4.69) is 15.6 Å². The van der Waals surface area contributed by atoms with E-state index in [0.717, 1.165) is 5.56 Å². The van der Waals surface area contributed by atoms with E-state index in [-0.39, 0.29) is 41.8 Å². The summed E-state index contributed by atoms with van der Waals surface area (Å²) in [6, 6.07) is 7.41. The first-order valence-electron chi connectivity index (χ1n) is 11.2. The van der Waals surface area contributed by atoms with Crippen LogP contribution in [0.2, 0.25) is 0 Å². The number of hydrogen-bond acceptors (Lipinski definition) is 5. The molecule has 0 bridgehead atoms. The number of imidazole rings is 1. The van der Waals surface area contributed by atoms with E-state index in [1.165, 1.54) is 10.5 Å². The predicted molar refractivity (Wildman–Crippen MR) is 126 cm³/mol. The third-order valence-corrected chi connectivity index (χ3v) is 7.56. The zero-order valence-electron chi connectivity index (χ0n) is 19.7. The van der Waals surface area contributed by atoms with Crippen LogP contribution in [0.15, 0.2) is 35.5 Å². The molecule has 0 atom stereocenters. The molecule has 1 saturated heterocycles. The van der Waals surface area contributed by atoms with E-state index in [1.807, 2.05) is 38.1 Å². The Morgan fingerprint density at radius 1 is 1.21 bits per heavy atom. The predicted octanol–water partition coefficient (Wildman–Crippen LogP) is 2.43. The molecule has 1 aliphatic heterocycles. The van der Waals surface area contributed by atoms with Crippen LogP contribution in [0.1, 0.15) is 44.5 Å². The lowest BCUT2D eigenvalue weighted by Crippen LogP contribution is -2.43. The van der Waals surface area contributed by atoms with Gasteiger partial charge in [0.05, 0.1) is 0 Å². The molecule has 3 rings (SSSR count). The molecule has 0 unspecified atom stereocenters. The summed E-state index contributed by atoms with van der Waals surface area (Å²) in [6.07, 6.45) is 2.89. The Hall–Kier alpha value is -2.72. The van der Waals surface area contributed by atoms with Gasteiger partial charge in [-0.3, -0.25) is 9.59 Å². The number of aryl methyl sites for hydroxylation is 2. The second kappa shape index (κ2) is 10.5. The fourth-order valence-corrected chi connectivity index (χ4v) is 5.31. The minimum atomic E-state index is -3.66. The number of carbonyl (C=O) groups is 2. The minimum Gasteiger partial charge on any atom is -0.352 e. The monoisotopic (exact) mass is 475 g/mol. The van der Waals surface area contributed by atoms with Crippen molar-refractivity contribution < 1.29 is 18.0 Å². The molecule has 2 amide bonds. The maximum atomic E-state index is 12.8. The molecule has 1 aliphatic rings. The van der Waals surface area contributed by atoms with Crippen LogP contribution in [0.25, 0.3) is 0 Å². The van der Waals surface area contributed by atoms with Gasteiger partial charge in [-0.2, -0.15) is 4.31 Å². The lowest BCUT2D eigenvalue weighted by molar-refractivity contribution is -0.126. The Kier molecular flexibility index (Phi) is 7.91. The highest BCUT2D eigenvalue weighted by Gasteiger charge is 2.33. The molecular weight excluding hydrogens is 442 g/mol. The number of aromatic nitrogens is 2. The number of carbonyl (C=O) groups excluding carboxylic acids is 2. The summed E-state index contributed by atoms with van der Waals surface area (Å²) in [5, 5.41) is 5.87. The molecule has 0 saturated carbocycles. The Labute approximate surface area is 195 Å². The molecule has 180 valence electrons. The summed E-state index contributed by atoms with van der Waals surface area (Å²) in [7, 11) is -1.90. The largest absolute Gasteiger partial charge is 0.352 e. The van der Waals surface area contributed by atoms with Crippen molar-refractivity contribution in [2.24, 2.45) is 18.9 Å². The van der Waals surface area contributed by atoms with Crippen LogP contribution in [0, 0.1) is 18.8 Å². The van der Waals surface area contributed by atoms with E-state index in [0.29, 0.717) is 37.3 Å². The molecule has 1 aromatic carbocycles. The average molecular weight is 476 g/mol. The van der Waals surface area contributed by atoms with Gasteiger partial charge >= 0.3 is 0 Å². The van der Waals surface area contributed by atoms with Crippen molar-refractivity contribution in [1.29, 1.82) is 0 Å². The number of piperidine rings is 1. The first-order chi connectivity index (χ1) is 15.6. The molecule has 0 aliphatic carbocycles. The first kappa shape index (κ1) is 24.9. The van der Waals surface area contributed by atoms with Crippen molar-refractivity contribution in [3.05, 3.63) is 41.9 Å². The van der Waals surface area contributed by atoms with E-state index < -0.39 is 10.0 Å². The van der Waals surface area contributed by atoms with Crippen molar-refractivity contribution >= 4 is 27.5 Å². The average Bonchev–Trinajstić information content (AvgIpc) is 3.11. The molecule has 2 aromatic rings. The fourth-order valence-electron chi connectivity index (χ4n) is 3.82. The second-order valence-corrected chi connectivity index (χ2v) is 10.9. The van der Waals surface area contributed by atoms with Crippen LogP contribution in [-0.4, -0.2) is 47.2 Å². The van der Waals surface area contributed by atoms with Crippen molar-refractivity contribution in [3.8, 4) is 0 Å². The summed E-state index contributed by atoms with van der Waals surface area (Å²) < 4.78 is 28.7. The maximum absolute atomic E-state index is 12.8. The van der Waals surface area contributed by atoms with Gasteiger partial charge in [0.15, 0.2) is 5.03 Å². The number of anilines is 1. The molecule has 2 N–H and O–H groups in total. The summed E-state index contributed by atoms with van der Waals surface area (Å²) in [6.45, 7) is 6.65. The molecule has 0 spiro atoms. The number of amides is 2. The van der Waals surface area contributed by atoms with Crippen molar-refractivity contribution in [3.63, 3.8) is 0 Å². The molecule has 10 heteroatoms. The van der Waals surface area contributed by atoms with Crippen LogP contribution >= 0.6 is 0 Å². The SMILES string of the molecule is Cc1nc(S(=O)(=O)N2CCC(C(=O)NCc3cccc(NC(=O)CC(C)C)c3)CC2)cn1C. The molecule has 9 nitrogen and oxygen atoms in total. The molecule has 1 fully saturated rings. The fraction of sp³-hybridized carbons (Fsp3) is 0.522. The zero-order valence-corrected chi connectivity index (χ0v) is 20.5. The van der Waals surface area contributed by atoms with Gasteiger partial charge in [0.25, 0.3) is 10.0 Å². The van der Waals surface area contributed by atoms with Crippen LogP contribution < -0.4 is 10.6 Å². The number of nitrogens with zero attached hydrogens (tertiary/aromatic N) is 3. The van der Waals surface area contributed by atoms with Gasteiger partial charge in [0.2, 0.25) is 11.8 Å². The van der Waals surface area contributed by atoms with Gasteiger partial charge in [-0.1, -0.05) is 26.0 Å². The van der Waals surface area contributed by atoms with Gasteiger partial charge < -0.3 is 15.2 Å². The highest BCUT2D eigenvalue weighted by Crippen LogP contribution is 2.24. The third-order valence-electron chi connectivity index (χ3n) is 5.79. The summed E-state index contributed by atoms with van der Waals surface area (Å²) in [5.41, 5.74) is 1.59. The van der Waals surface area contributed by atoms with E-state index in [1.54, 1.807) is 18.5 Å². The van der Waals surface area contributed by atoms with Gasteiger partial charge in [-0.25, -0.2) is 13.4 Å². The smallest absolute Gasteiger partial charge is 0.262 e. The molecule has 0 radical (unpaired) electrons. The van der Waals surface area contributed by atoms with Crippen molar-refractivity contribution in [2.75, 3.05) is 18.4 Å². The minimum absolute atomic E-state index is 0.0336. The van der Waals surface area contributed by atoms with Crippen LogP contribution in [-0.2, 0) is 33.2 Å². The zero-order chi connectivity index (χ0) is 24.2. The number of sulfonamides is 1. The lowest BCUT2D eigenvalue weighted by atomic mass is 9.97. The summed E-state index contributed by atoms with van der Waals surface area (Å²) in [4.78, 5) is 28.8. The first-order valence-corrected chi connectivity index (χ1v) is 12.7. The van der Waals surface area contributed by atoms with E-state index >= 15 is 0 Å². The second-order valence-electron chi connectivity index (χ2n) is 8.98. The van der Waals surface area contributed by atoms with Crippen molar-refractivity contribution in [2.45, 2.75) is 51.6 Å². The van der Waals surface area contributed by atoms with Gasteiger partial charge in [0.1, 0.15) is 5.82 Å². The Morgan fingerprint density at radius 2 is 1.91 bits per heavy atom. The number of rotatable bonds is 8. The summed E-state index contributed by atoms with van der Waals surface area (Å²) >= 11 is 0. The normalized spacial score (nSPS) is 15.5. The van der Waals surface area contributed by atoms with Crippen LogP contribution in [0.5, 0.6) is 0 Å². The van der Waals surface area contributed by atoms with E-state index in [9.17, 15) is 18.0 Å². The third kappa shape index (κ3) is 6.42. The highest BCUT2D eigenvalue weighted by atomic mass is 32.2. The summed E-state index contributed by atoms with van der Waals surface area (Å²) in [5.74, 6) is 0.549.